The van der Waals surface area contributed by atoms with Gasteiger partial charge in [-0.25, -0.2) is 4.68 Å². The van der Waals surface area contributed by atoms with Crippen LogP contribution < -0.4 is 16.2 Å². The van der Waals surface area contributed by atoms with Crippen molar-refractivity contribution in [3.05, 3.63) is 21.6 Å². The molecule has 1 amide bonds. The lowest BCUT2D eigenvalue weighted by molar-refractivity contribution is -0.143. The van der Waals surface area contributed by atoms with Gasteiger partial charge in [0.25, 0.3) is 5.56 Å². The Labute approximate surface area is 122 Å². The molecule has 1 aliphatic carbocycles. The summed E-state index contributed by atoms with van der Waals surface area (Å²) >= 11 is 5.69. The molecular weight excluding hydrogens is 313 g/mol. The summed E-state index contributed by atoms with van der Waals surface area (Å²) in [4.78, 5) is 23.1. The highest BCUT2D eigenvalue weighted by Gasteiger charge is 2.30. The number of rotatable bonds is 5. The Morgan fingerprint density at radius 3 is 2.71 bits per heavy atom. The van der Waals surface area contributed by atoms with Crippen molar-refractivity contribution in [2.45, 2.75) is 31.6 Å². The third kappa shape index (κ3) is 4.62. The van der Waals surface area contributed by atoms with E-state index in [0.717, 1.165) is 19.0 Å². The summed E-state index contributed by atoms with van der Waals surface area (Å²) in [5.41, 5.74) is -1.05. The average Bonchev–Trinajstić information content (AvgIpc) is 3.16. The largest absolute Gasteiger partial charge is 0.408 e. The number of carbonyl (C=O) groups excluding carboxylic acids is 1. The van der Waals surface area contributed by atoms with Crippen molar-refractivity contribution in [2.75, 3.05) is 11.9 Å². The number of carbonyl (C=O) groups is 1. The van der Waals surface area contributed by atoms with Gasteiger partial charge < -0.3 is 10.6 Å². The summed E-state index contributed by atoms with van der Waals surface area (Å²) in [5.74, 6) is -0.284. The van der Waals surface area contributed by atoms with Gasteiger partial charge in [0.2, 0.25) is 5.91 Å². The zero-order chi connectivity index (χ0) is 15.6. The predicted molar refractivity (Wildman–Crippen MR) is 69.2 cm³/mol. The first-order valence-corrected chi connectivity index (χ1v) is 6.49. The van der Waals surface area contributed by atoms with E-state index in [4.69, 9.17) is 11.6 Å². The fraction of sp³-hybridized carbons (Fsp3) is 0.545. The maximum atomic E-state index is 12.2. The molecule has 0 atom stereocenters. The van der Waals surface area contributed by atoms with Gasteiger partial charge in [-0.2, -0.15) is 18.3 Å². The van der Waals surface area contributed by atoms with Crippen LogP contribution in [0.5, 0.6) is 0 Å². The van der Waals surface area contributed by atoms with Gasteiger partial charge >= 0.3 is 6.18 Å². The molecule has 1 aliphatic rings. The first-order chi connectivity index (χ1) is 9.76. The molecule has 0 radical (unpaired) electrons. The lowest BCUT2D eigenvalue weighted by Crippen LogP contribution is -2.33. The lowest BCUT2D eigenvalue weighted by atomic mass is 10.4. The number of hydrogen-bond acceptors (Lipinski definition) is 4. The Bertz CT molecular complexity index is 598. The summed E-state index contributed by atoms with van der Waals surface area (Å²) in [5, 5.41) is 8.22. The molecule has 0 aromatic carbocycles. The molecule has 1 aromatic heterocycles. The van der Waals surface area contributed by atoms with Crippen molar-refractivity contribution in [3.8, 4) is 0 Å². The van der Waals surface area contributed by atoms with Crippen LogP contribution in [0, 0.1) is 0 Å². The molecule has 1 saturated carbocycles. The van der Waals surface area contributed by atoms with Gasteiger partial charge in [-0.3, -0.25) is 9.59 Å². The molecular formula is C11H12ClF3N4O2. The third-order valence-corrected chi connectivity index (χ3v) is 3.06. The molecule has 2 N–H and O–H groups in total. The van der Waals surface area contributed by atoms with E-state index in [-0.39, 0.29) is 28.9 Å². The zero-order valence-electron chi connectivity index (χ0n) is 10.7. The summed E-state index contributed by atoms with van der Waals surface area (Å²) in [6.45, 7) is -1.66. The number of anilines is 1. The number of hydrogen-bond donors (Lipinski definition) is 2. The second-order valence-electron chi connectivity index (χ2n) is 4.65. The van der Waals surface area contributed by atoms with E-state index in [9.17, 15) is 22.8 Å². The highest BCUT2D eigenvalue weighted by molar-refractivity contribution is 6.33. The SMILES string of the molecule is O=C(CNc1cnn(CC(F)(F)F)c(=O)c1Cl)NC1CC1. The van der Waals surface area contributed by atoms with Gasteiger partial charge in [-0.05, 0) is 12.8 Å². The van der Waals surface area contributed by atoms with E-state index in [2.05, 4.69) is 15.7 Å². The summed E-state index contributed by atoms with van der Waals surface area (Å²) in [7, 11) is 0. The van der Waals surface area contributed by atoms with Crippen molar-refractivity contribution in [1.29, 1.82) is 0 Å². The first-order valence-electron chi connectivity index (χ1n) is 6.12. The lowest BCUT2D eigenvalue weighted by Gasteiger charge is -2.11. The standard InChI is InChI=1S/C11H12ClF3N4O2/c12-9-7(16-4-8(20)18-6-1-2-6)3-17-19(10(9)21)5-11(13,14)15/h3,6,16H,1-2,4-5H2,(H,18,20). The van der Waals surface area contributed by atoms with Crippen LogP contribution >= 0.6 is 11.6 Å². The Balaban J connectivity index is 2.02. The molecule has 0 saturated heterocycles. The maximum Gasteiger partial charge on any atom is 0.408 e. The van der Waals surface area contributed by atoms with Crippen LogP contribution in [0.1, 0.15) is 12.8 Å². The van der Waals surface area contributed by atoms with Crippen molar-refractivity contribution in [2.24, 2.45) is 0 Å². The van der Waals surface area contributed by atoms with Gasteiger partial charge in [0.05, 0.1) is 18.4 Å². The number of alkyl halides is 3. The van der Waals surface area contributed by atoms with Gasteiger partial charge in [-0.15, -0.1) is 0 Å². The molecule has 0 unspecified atom stereocenters. The van der Waals surface area contributed by atoms with Crippen molar-refractivity contribution in [3.63, 3.8) is 0 Å². The second-order valence-corrected chi connectivity index (χ2v) is 5.02. The molecule has 21 heavy (non-hydrogen) atoms. The average molecular weight is 325 g/mol. The zero-order valence-corrected chi connectivity index (χ0v) is 11.5. The maximum absolute atomic E-state index is 12.2. The molecule has 116 valence electrons. The molecule has 0 aliphatic heterocycles. The minimum absolute atomic E-state index is 0.0195. The van der Waals surface area contributed by atoms with E-state index >= 15 is 0 Å². The van der Waals surface area contributed by atoms with Gasteiger partial charge in [-0.1, -0.05) is 11.6 Å². The molecule has 1 heterocycles. The Kier molecular flexibility index (Phi) is 4.40. The predicted octanol–water partition coefficient (Wildman–Crippen LogP) is 1.15. The van der Waals surface area contributed by atoms with Gasteiger partial charge in [0, 0.05) is 6.04 Å². The van der Waals surface area contributed by atoms with Crippen LogP contribution in [-0.4, -0.2) is 34.5 Å². The quantitative estimate of drug-likeness (QED) is 0.852. The van der Waals surface area contributed by atoms with E-state index in [1.54, 1.807) is 0 Å². The molecule has 6 nitrogen and oxygen atoms in total. The fourth-order valence-corrected chi connectivity index (χ4v) is 1.77. The highest BCUT2D eigenvalue weighted by Crippen LogP contribution is 2.20. The van der Waals surface area contributed by atoms with Crippen LogP contribution in [-0.2, 0) is 11.3 Å². The van der Waals surface area contributed by atoms with Gasteiger partial charge in [0.15, 0.2) is 0 Å². The number of amides is 1. The molecule has 0 spiro atoms. The van der Waals surface area contributed by atoms with Crippen LogP contribution in [0.3, 0.4) is 0 Å². The minimum Gasteiger partial charge on any atom is -0.373 e. The third-order valence-electron chi connectivity index (χ3n) is 2.70. The smallest absolute Gasteiger partial charge is 0.373 e. The summed E-state index contributed by atoms with van der Waals surface area (Å²) < 4.78 is 36.9. The van der Waals surface area contributed by atoms with E-state index in [1.807, 2.05) is 0 Å². The molecule has 0 bridgehead atoms. The normalized spacial score (nSPS) is 14.9. The number of halogens is 4. The van der Waals surface area contributed by atoms with E-state index < -0.39 is 23.3 Å². The van der Waals surface area contributed by atoms with Crippen LogP contribution in [0.15, 0.2) is 11.0 Å². The van der Waals surface area contributed by atoms with Crippen LogP contribution in [0.2, 0.25) is 5.02 Å². The molecule has 2 rings (SSSR count). The van der Waals surface area contributed by atoms with Crippen molar-refractivity contribution < 1.29 is 18.0 Å². The first kappa shape index (κ1) is 15.6. The van der Waals surface area contributed by atoms with Gasteiger partial charge in [0.1, 0.15) is 11.6 Å². The van der Waals surface area contributed by atoms with Crippen LogP contribution in [0.4, 0.5) is 18.9 Å². The Hall–Kier alpha value is -1.77. The summed E-state index contributed by atoms with van der Waals surface area (Å²) in [6, 6.07) is 0.188. The molecule has 1 aromatic rings. The topological polar surface area (TPSA) is 76.0 Å². The van der Waals surface area contributed by atoms with Crippen molar-refractivity contribution in [1.82, 2.24) is 15.1 Å². The molecule has 1 fully saturated rings. The number of nitrogens with one attached hydrogen (secondary N) is 2. The van der Waals surface area contributed by atoms with Crippen molar-refractivity contribution >= 4 is 23.2 Å². The highest BCUT2D eigenvalue weighted by atomic mass is 35.5. The molecule has 10 heteroatoms. The monoisotopic (exact) mass is 324 g/mol. The minimum atomic E-state index is -4.57. The van der Waals surface area contributed by atoms with Crippen LogP contribution in [0.25, 0.3) is 0 Å². The summed E-state index contributed by atoms with van der Waals surface area (Å²) in [6.07, 6.45) is -1.72. The Morgan fingerprint density at radius 2 is 2.14 bits per heavy atom. The number of aromatic nitrogens is 2. The second kappa shape index (κ2) is 5.92. The number of nitrogens with zero attached hydrogens (tertiary/aromatic N) is 2. The van der Waals surface area contributed by atoms with E-state index in [1.165, 1.54) is 0 Å². The Morgan fingerprint density at radius 1 is 1.48 bits per heavy atom. The fourth-order valence-electron chi connectivity index (χ4n) is 1.55. The van der Waals surface area contributed by atoms with E-state index in [0.29, 0.717) is 0 Å².